The Morgan fingerprint density at radius 1 is 1.75 bits per heavy atom. The Kier molecular flexibility index (Phi) is 1.84. The summed E-state index contributed by atoms with van der Waals surface area (Å²) in [6, 6.07) is 0. The predicted octanol–water partition coefficient (Wildman–Crippen LogP) is 1.06. The van der Waals surface area contributed by atoms with E-state index in [0.717, 1.165) is 25.3 Å². The summed E-state index contributed by atoms with van der Waals surface area (Å²) in [6.07, 6.45) is 4.77. The molecule has 1 aliphatic rings. The van der Waals surface area contributed by atoms with Crippen molar-refractivity contribution in [2.75, 3.05) is 6.54 Å². The van der Waals surface area contributed by atoms with Gasteiger partial charge in [-0.15, -0.1) is 0 Å². The van der Waals surface area contributed by atoms with E-state index in [1.165, 1.54) is 12.7 Å². The zero-order valence-corrected chi connectivity index (χ0v) is 7.21. The maximum atomic E-state index is 5.09. The molecule has 1 fully saturated rings. The molecule has 0 bridgehead atoms. The van der Waals surface area contributed by atoms with Crippen LogP contribution in [0.2, 0.25) is 0 Å². The fourth-order valence-electron chi connectivity index (χ4n) is 1.83. The third-order valence-electron chi connectivity index (χ3n) is 2.62. The normalized spacial score (nSPS) is 29.4. The van der Waals surface area contributed by atoms with Crippen molar-refractivity contribution in [2.45, 2.75) is 31.7 Å². The lowest BCUT2D eigenvalue weighted by atomic mass is 9.94. The Hall–Kier alpha value is -0.900. The van der Waals surface area contributed by atoms with Gasteiger partial charge in [0.25, 0.3) is 0 Å². The summed E-state index contributed by atoms with van der Waals surface area (Å²) in [7, 11) is 0. The zero-order chi connectivity index (χ0) is 8.44. The van der Waals surface area contributed by atoms with Crippen molar-refractivity contribution in [2.24, 2.45) is 0 Å². The molecule has 66 valence electrons. The molecule has 1 saturated heterocycles. The highest BCUT2D eigenvalue weighted by Crippen LogP contribution is 2.31. The summed E-state index contributed by atoms with van der Waals surface area (Å²) in [5.74, 6) is 0.738. The molecular formula is C8H13N3O. The van der Waals surface area contributed by atoms with Crippen molar-refractivity contribution >= 4 is 0 Å². The number of hydrogen-bond acceptors (Lipinski definition) is 4. The first-order valence-corrected chi connectivity index (χ1v) is 4.39. The first kappa shape index (κ1) is 7.73. The summed E-state index contributed by atoms with van der Waals surface area (Å²) >= 11 is 0. The Labute approximate surface area is 71.4 Å². The van der Waals surface area contributed by atoms with E-state index in [0.29, 0.717) is 0 Å². The molecule has 4 heteroatoms. The lowest BCUT2D eigenvalue weighted by molar-refractivity contribution is 0.249. The van der Waals surface area contributed by atoms with E-state index in [4.69, 9.17) is 4.52 Å². The Morgan fingerprint density at radius 3 is 3.17 bits per heavy atom. The topological polar surface area (TPSA) is 51.0 Å². The molecule has 1 atom stereocenters. The van der Waals surface area contributed by atoms with Crippen LogP contribution < -0.4 is 5.32 Å². The maximum Gasteiger partial charge on any atom is 0.246 e. The lowest BCUT2D eigenvalue weighted by Crippen LogP contribution is -2.36. The molecule has 0 radical (unpaired) electrons. The van der Waals surface area contributed by atoms with E-state index < -0.39 is 0 Å². The van der Waals surface area contributed by atoms with Crippen molar-refractivity contribution in [3.8, 4) is 0 Å². The van der Waals surface area contributed by atoms with Gasteiger partial charge in [0, 0.05) is 0 Å². The summed E-state index contributed by atoms with van der Waals surface area (Å²) < 4.78 is 5.09. The van der Waals surface area contributed by atoms with E-state index >= 15 is 0 Å². The van der Waals surface area contributed by atoms with Gasteiger partial charge in [0.05, 0.1) is 5.54 Å². The van der Waals surface area contributed by atoms with E-state index in [1.54, 1.807) is 0 Å². The molecule has 1 N–H and O–H groups in total. The molecule has 2 rings (SSSR count). The number of aromatic nitrogens is 2. The maximum absolute atomic E-state index is 5.09. The van der Waals surface area contributed by atoms with Gasteiger partial charge < -0.3 is 9.84 Å². The van der Waals surface area contributed by atoms with Crippen molar-refractivity contribution in [1.82, 2.24) is 15.5 Å². The fraction of sp³-hybridized carbons (Fsp3) is 0.750. The third-order valence-corrected chi connectivity index (χ3v) is 2.62. The summed E-state index contributed by atoms with van der Waals surface area (Å²) in [5, 5.41) is 7.06. The van der Waals surface area contributed by atoms with E-state index in [-0.39, 0.29) is 5.54 Å². The minimum Gasteiger partial charge on any atom is -0.338 e. The second-order valence-corrected chi connectivity index (χ2v) is 3.21. The molecule has 0 aromatic carbocycles. The molecular weight excluding hydrogens is 154 g/mol. The molecule has 0 saturated carbocycles. The first-order chi connectivity index (χ1) is 5.87. The van der Waals surface area contributed by atoms with Crippen LogP contribution in [0.3, 0.4) is 0 Å². The standard InChI is InChI=1S/C8H13N3O/c1-2-8(4-3-5-10-8)7-9-6-11-12-7/h6,10H,2-5H2,1H3. The van der Waals surface area contributed by atoms with E-state index in [9.17, 15) is 0 Å². The van der Waals surface area contributed by atoms with Crippen LogP contribution in [0.5, 0.6) is 0 Å². The summed E-state index contributed by atoms with van der Waals surface area (Å²) in [4.78, 5) is 4.10. The van der Waals surface area contributed by atoms with Gasteiger partial charge in [-0.05, 0) is 25.8 Å². The molecule has 0 spiro atoms. The van der Waals surface area contributed by atoms with Crippen molar-refractivity contribution in [3.05, 3.63) is 12.2 Å². The van der Waals surface area contributed by atoms with Crippen LogP contribution >= 0.6 is 0 Å². The highest BCUT2D eigenvalue weighted by atomic mass is 16.5. The van der Waals surface area contributed by atoms with E-state index in [1.807, 2.05) is 0 Å². The molecule has 0 amide bonds. The third kappa shape index (κ3) is 1.03. The van der Waals surface area contributed by atoms with Crippen LogP contribution in [-0.4, -0.2) is 16.7 Å². The van der Waals surface area contributed by atoms with E-state index in [2.05, 4.69) is 22.4 Å². The second-order valence-electron chi connectivity index (χ2n) is 3.21. The van der Waals surface area contributed by atoms with Crippen molar-refractivity contribution in [3.63, 3.8) is 0 Å². The van der Waals surface area contributed by atoms with Gasteiger partial charge in [-0.2, -0.15) is 4.98 Å². The summed E-state index contributed by atoms with van der Waals surface area (Å²) in [5.41, 5.74) is -0.0312. The first-order valence-electron chi connectivity index (χ1n) is 4.39. The minimum atomic E-state index is -0.0312. The number of nitrogens with zero attached hydrogens (tertiary/aromatic N) is 2. The predicted molar refractivity (Wildman–Crippen MR) is 43.5 cm³/mol. The molecule has 12 heavy (non-hydrogen) atoms. The molecule has 1 aliphatic heterocycles. The van der Waals surface area contributed by atoms with Crippen LogP contribution in [0.25, 0.3) is 0 Å². The number of rotatable bonds is 2. The minimum absolute atomic E-state index is 0.0312. The monoisotopic (exact) mass is 167 g/mol. The van der Waals surface area contributed by atoms with Gasteiger partial charge in [-0.3, -0.25) is 0 Å². The van der Waals surface area contributed by atoms with Crippen LogP contribution in [0.4, 0.5) is 0 Å². The molecule has 1 aromatic heterocycles. The molecule has 2 heterocycles. The van der Waals surface area contributed by atoms with Gasteiger partial charge in [-0.25, -0.2) is 0 Å². The van der Waals surface area contributed by atoms with Crippen LogP contribution in [0, 0.1) is 0 Å². The Balaban J connectivity index is 2.28. The van der Waals surface area contributed by atoms with Gasteiger partial charge >= 0.3 is 0 Å². The fourth-order valence-corrected chi connectivity index (χ4v) is 1.83. The zero-order valence-electron chi connectivity index (χ0n) is 7.21. The summed E-state index contributed by atoms with van der Waals surface area (Å²) in [6.45, 7) is 3.19. The van der Waals surface area contributed by atoms with Crippen LogP contribution in [0.15, 0.2) is 10.9 Å². The molecule has 1 unspecified atom stereocenters. The lowest BCUT2D eigenvalue weighted by Gasteiger charge is -2.22. The van der Waals surface area contributed by atoms with Crippen molar-refractivity contribution in [1.29, 1.82) is 0 Å². The second kappa shape index (κ2) is 2.86. The average Bonchev–Trinajstić information content (AvgIpc) is 2.76. The number of hydrogen-bond donors (Lipinski definition) is 1. The van der Waals surface area contributed by atoms with Crippen LogP contribution in [0.1, 0.15) is 32.1 Å². The average molecular weight is 167 g/mol. The Morgan fingerprint density at radius 2 is 2.67 bits per heavy atom. The largest absolute Gasteiger partial charge is 0.338 e. The van der Waals surface area contributed by atoms with Gasteiger partial charge in [-0.1, -0.05) is 12.1 Å². The Bertz CT molecular complexity index is 239. The molecule has 0 aliphatic carbocycles. The highest BCUT2D eigenvalue weighted by Gasteiger charge is 2.37. The quantitative estimate of drug-likeness (QED) is 0.715. The number of nitrogens with one attached hydrogen (secondary N) is 1. The SMILES string of the molecule is CCC1(c2ncno2)CCCN1. The van der Waals surface area contributed by atoms with Crippen molar-refractivity contribution < 1.29 is 4.52 Å². The van der Waals surface area contributed by atoms with Gasteiger partial charge in [0.2, 0.25) is 5.89 Å². The smallest absolute Gasteiger partial charge is 0.246 e. The molecule has 4 nitrogen and oxygen atoms in total. The van der Waals surface area contributed by atoms with Gasteiger partial charge in [0.1, 0.15) is 0 Å². The van der Waals surface area contributed by atoms with Gasteiger partial charge in [0.15, 0.2) is 6.33 Å². The van der Waals surface area contributed by atoms with Crippen LogP contribution in [-0.2, 0) is 5.54 Å². The molecule has 1 aromatic rings. The highest BCUT2D eigenvalue weighted by molar-refractivity contribution is 5.03.